The second-order valence-electron chi connectivity index (χ2n) is 6.26. The summed E-state index contributed by atoms with van der Waals surface area (Å²) in [5.74, 6) is 0.276. The molecule has 1 N–H and O–H groups in total. The fraction of sp³-hybridized carbons (Fsp3) is 0.500. The molecule has 0 radical (unpaired) electrons. The van der Waals surface area contributed by atoms with Crippen LogP contribution in [-0.2, 0) is 14.4 Å². The van der Waals surface area contributed by atoms with Crippen LogP contribution in [0, 0.1) is 5.92 Å². The molecule has 0 aliphatic carbocycles. The maximum absolute atomic E-state index is 12.7. The van der Waals surface area contributed by atoms with Gasteiger partial charge in [0.05, 0.1) is 12.5 Å². The summed E-state index contributed by atoms with van der Waals surface area (Å²) < 4.78 is 5.41. The number of hydrogen-bond acceptors (Lipinski definition) is 4. The van der Waals surface area contributed by atoms with Crippen molar-refractivity contribution >= 4 is 23.4 Å². The molecular weight excluding hydrogens is 322 g/mol. The molecule has 2 aliphatic heterocycles. The van der Waals surface area contributed by atoms with E-state index in [0.717, 1.165) is 11.4 Å². The second-order valence-corrected chi connectivity index (χ2v) is 6.26. The van der Waals surface area contributed by atoms with Crippen LogP contribution >= 0.6 is 0 Å². The van der Waals surface area contributed by atoms with Crippen LogP contribution in [-0.4, -0.2) is 55.4 Å². The van der Waals surface area contributed by atoms with Gasteiger partial charge in [0, 0.05) is 44.7 Å². The van der Waals surface area contributed by atoms with Gasteiger partial charge in [-0.15, -0.1) is 0 Å². The molecule has 0 saturated carbocycles. The molecule has 7 heteroatoms. The van der Waals surface area contributed by atoms with Gasteiger partial charge in [0.2, 0.25) is 17.7 Å². The minimum Gasteiger partial charge on any atom is -0.494 e. The lowest BCUT2D eigenvalue weighted by Crippen LogP contribution is -2.39. The molecule has 3 rings (SSSR count). The van der Waals surface area contributed by atoms with Crippen LogP contribution in [0.1, 0.15) is 19.8 Å². The van der Waals surface area contributed by atoms with Gasteiger partial charge in [-0.05, 0) is 31.2 Å². The van der Waals surface area contributed by atoms with Crippen molar-refractivity contribution in [1.82, 2.24) is 10.2 Å². The molecule has 0 bridgehead atoms. The van der Waals surface area contributed by atoms with Crippen molar-refractivity contribution in [3.63, 3.8) is 0 Å². The number of anilines is 1. The lowest BCUT2D eigenvalue weighted by atomic mass is 10.1. The molecule has 1 aromatic carbocycles. The molecule has 0 spiro atoms. The molecule has 7 nitrogen and oxygen atoms in total. The van der Waals surface area contributed by atoms with Gasteiger partial charge in [-0.3, -0.25) is 14.4 Å². The van der Waals surface area contributed by atoms with E-state index in [0.29, 0.717) is 39.2 Å². The summed E-state index contributed by atoms with van der Waals surface area (Å²) >= 11 is 0. The van der Waals surface area contributed by atoms with Gasteiger partial charge in [0.25, 0.3) is 0 Å². The summed E-state index contributed by atoms with van der Waals surface area (Å²) in [6.07, 6.45) is 0.527. The average molecular weight is 345 g/mol. The molecule has 2 aliphatic rings. The zero-order valence-electron chi connectivity index (χ0n) is 14.4. The zero-order chi connectivity index (χ0) is 17.8. The quantitative estimate of drug-likeness (QED) is 0.875. The Hall–Kier alpha value is -2.57. The van der Waals surface area contributed by atoms with Crippen molar-refractivity contribution in [2.24, 2.45) is 5.92 Å². The van der Waals surface area contributed by atoms with Crippen LogP contribution in [0.25, 0.3) is 0 Å². The van der Waals surface area contributed by atoms with Crippen molar-refractivity contribution in [2.75, 3.05) is 37.7 Å². The van der Waals surface area contributed by atoms with Crippen LogP contribution in [0.2, 0.25) is 0 Å². The number of amides is 3. The Morgan fingerprint density at radius 2 is 2.00 bits per heavy atom. The number of nitrogens with one attached hydrogen (secondary N) is 1. The third-order valence-corrected chi connectivity index (χ3v) is 4.56. The maximum atomic E-state index is 12.7. The Morgan fingerprint density at radius 1 is 1.24 bits per heavy atom. The number of ether oxygens (including phenoxy) is 1. The monoisotopic (exact) mass is 345 g/mol. The molecule has 134 valence electrons. The van der Waals surface area contributed by atoms with Crippen molar-refractivity contribution in [3.05, 3.63) is 24.3 Å². The van der Waals surface area contributed by atoms with Crippen LogP contribution < -0.4 is 15.0 Å². The van der Waals surface area contributed by atoms with Crippen molar-refractivity contribution in [1.29, 1.82) is 0 Å². The van der Waals surface area contributed by atoms with Gasteiger partial charge < -0.3 is 19.9 Å². The molecule has 3 amide bonds. The van der Waals surface area contributed by atoms with Gasteiger partial charge >= 0.3 is 0 Å². The first-order valence-corrected chi connectivity index (χ1v) is 8.67. The third-order valence-electron chi connectivity index (χ3n) is 4.56. The minimum absolute atomic E-state index is 0.0335. The Balaban J connectivity index is 1.65. The van der Waals surface area contributed by atoms with E-state index in [1.165, 1.54) is 0 Å². The Morgan fingerprint density at radius 3 is 2.72 bits per heavy atom. The molecule has 0 aromatic heterocycles. The van der Waals surface area contributed by atoms with E-state index < -0.39 is 0 Å². The summed E-state index contributed by atoms with van der Waals surface area (Å²) in [6.45, 7) is 4.26. The lowest BCUT2D eigenvalue weighted by molar-refractivity contribution is -0.135. The van der Waals surface area contributed by atoms with Crippen LogP contribution in [0.4, 0.5) is 5.69 Å². The number of carbonyl (C=O) groups is 3. The summed E-state index contributed by atoms with van der Waals surface area (Å²) in [4.78, 5) is 39.8. The molecular formula is C18H23N3O4. The first-order chi connectivity index (χ1) is 12.1. The van der Waals surface area contributed by atoms with Crippen LogP contribution in [0.5, 0.6) is 5.75 Å². The van der Waals surface area contributed by atoms with Crippen molar-refractivity contribution in [2.45, 2.75) is 19.8 Å². The van der Waals surface area contributed by atoms with Crippen LogP contribution in [0.15, 0.2) is 24.3 Å². The first-order valence-electron chi connectivity index (χ1n) is 8.67. The summed E-state index contributed by atoms with van der Waals surface area (Å²) in [6, 6.07) is 7.33. The van der Waals surface area contributed by atoms with E-state index in [1.807, 2.05) is 31.2 Å². The topological polar surface area (TPSA) is 79.0 Å². The number of carbonyl (C=O) groups excluding carboxylic acids is 3. The van der Waals surface area contributed by atoms with E-state index in [1.54, 1.807) is 9.80 Å². The van der Waals surface area contributed by atoms with E-state index >= 15 is 0 Å². The predicted octanol–water partition coefficient (Wildman–Crippen LogP) is 0.787. The van der Waals surface area contributed by atoms with Gasteiger partial charge in [-0.1, -0.05) is 0 Å². The van der Waals surface area contributed by atoms with Crippen molar-refractivity contribution < 1.29 is 19.1 Å². The standard InChI is InChI=1S/C18H23N3O4/c1-2-25-15-5-3-14(4-6-15)21-12-13(11-17(21)23)18(24)20-9-7-16(22)19-8-10-20/h3-6,13H,2,7-12H2,1H3,(H,19,22). The van der Waals surface area contributed by atoms with Crippen molar-refractivity contribution in [3.8, 4) is 5.75 Å². The smallest absolute Gasteiger partial charge is 0.228 e. The third kappa shape index (κ3) is 3.92. The Bertz CT molecular complexity index is 659. The first kappa shape index (κ1) is 17.3. The zero-order valence-corrected chi connectivity index (χ0v) is 14.4. The van der Waals surface area contributed by atoms with E-state index in [2.05, 4.69) is 5.32 Å². The van der Waals surface area contributed by atoms with E-state index in [4.69, 9.17) is 4.74 Å². The highest BCUT2D eigenvalue weighted by Crippen LogP contribution is 2.28. The molecule has 2 saturated heterocycles. The molecule has 1 atom stereocenters. The van der Waals surface area contributed by atoms with Gasteiger partial charge in [0.15, 0.2) is 0 Å². The highest BCUT2D eigenvalue weighted by molar-refractivity contribution is 6.00. The van der Waals surface area contributed by atoms with Gasteiger partial charge in [0.1, 0.15) is 5.75 Å². The number of nitrogens with zero attached hydrogens (tertiary/aromatic N) is 2. The van der Waals surface area contributed by atoms with Gasteiger partial charge in [-0.25, -0.2) is 0 Å². The van der Waals surface area contributed by atoms with E-state index in [9.17, 15) is 14.4 Å². The predicted molar refractivity (Wildman–Crippen MR) is 92.3 cm³/mol. The molecule has 1 unspecified atom stereocenters. The molecule has 2 heterocycles. The summed E-state index contributed by atoms with van der Waals surface area (Å²) in [5.41, 5.74) is 0.775. The highest BCUT2D eigenvalue weighted by Gasteiger charge is 2.37. The summed E-state index contributed by atoms with van der Waals surface area (Å²) in [5, 5.41) is 2.76. The van der Waals surface area contributed by atoms with Gasteiger partial charge in [-0.2, -0.15) is 0 Å². The molecule has 1 aromatic rings. The number of hydrogen-bond donors (Lipinski definition) is 1. The van der Waals surface area contributed by atoms with E-state index in [-0.39, 0.29) is 30.1 Å². The normalized spacial score (nSPS) is 21.1. The SMILES string of the molecule is CCOc1ccc(N2CC(C(=O)N3CCNC(=O)CC3)CC2=O)cc1. The number of rotatable bonds is 4. The Kier molecular flexibility index (Phi) is 5.21. The minimum atomic E-state index is -0.354. The van der Waals surface area contributed by atoms with Crippen LogP contribution in [0.3, 0.4) is 0 Å². The maximum Gasteiger partial charge on any atom is 0.228 e. The fourth-order valence-electron chi connectivity index (χ4n) is 3.26. The Labute approximate surface area is 146 Å². The highest BCUT2D eigenvalue weighted by atomic mass is 16.5. The average Bonchev–Trinajstić information content (AvgIpc) is 2.86. The molecule has 2 fully saturated rings. The lowest BCUT2D eigenvalue weighted by Gasteiger charge is -2.23. The largest absolute Gasteiger partial charge is 0.494 e. The summed E-state index contributed by atoms with van der Waals surface area (Å²) in [7, 11) is 0. The fourth-order valence-corrected chi connectivity index (χ4v) is 3.26. The second kappa shape index (κ2) is 7.55. The molecule has 25 heavy (non-hydrogen) atoms. The number of benzene rings is 1.